The molecule has 1 aromatic rings. The Hall–Kier alpha value is -1.01. The van der Waals surface area contributed by atoms with Crippen LogP contribution in [0.25, 0.3) is 0 Å². The number of alkyl halides is 2. The number of nitrogens with zero attached hydrogens (tertiary/aromatic N) is 2. The third-order valence-corrected chi connectivity index (χ3v) is 1.85. The average Bonchev–Trinajstić information content (AvgIpc) is 2.51. The van der Waals surface area contributed by atoms with Crippen molar-refractivity contribution in [2.24, 2.45) is 7.05 Å². The summed E-state index contributed by atoms with van der Waals surface area (Å²) in [5, 5.41) is 11.5. The highest BCUT2D eigenvalue weighted by atomic mass is 19.3. The van der Waals surface area contributed by atoms with Gasteiger partial charge in [0.05, 0.1) is 6.54 Å². The van der Waals surface area contributed by atoms with Gasteiger partial charge in [-0.2, -0.15) is 0 Å². The largest absolute Gasteiger partial charge is 0.386 e. The Bertz CT molecular complexity index is 277. The first kappa shape index (κ1) is 11.1. The first-order chi connectivity index (χ1) is 6.61. The highest BCUT2D eigenvalue weighted by Gasteiger charge is 2.15. The Labute approximate surface area is 80.6 Å². The number of aliphatic hydroxyl groups excluding tert-OH is 1. The number of rotatable bonds is 5. The lowest BCUT2D eigenvalue weighted by Gasteiger charge is -2.10. The average molecular weight is 205 g/mol. The van der Waals surface area contributed by atoms with E-state index in [1.54, 1.807) is 17.0 Å². The minimum atomic E-state index is -2.70. The second kappa shape index (κ2) is 5.02. The van der Waals surface area contributed by atoms with Crippen LogP contribution in [0.4, 0.5) is 8.78 Å². The summed E-state index contributed by atoms with van der Waals surface area (Å²) in [6.07, 6.45) is -0.930. The molecule has 0 fully saturated rings. The summed E-state index contributed by atoms with van der Waals surface area (Å²) in [6.45, 7) is 0.234. The molecule has 0 saturated carbocycles. The maximum atomic E-state index is 11.9. The van der Waals surface area contributed by atoms with Crippen LogP contribution >= 0.6 is 0 Å². The number of hydrogen-bond donors (Lipinski definition) is 2. The molecule has 0 aliphatic heterocycles. The molecule has 80 valence electrons. The molecule has 0 amide bonds. The molecule has 14 heavy (non-hydrogen) atoms. The number of hydrogen-bond acceptors (Lipinski definition) is 3. The van der Waals surface area contributed by atoms with Gasteiger partial charge in [0.25, 0.3) is 6.43 Å². The number of aryl methyl sites for hydroxylation is 1. The maximum Gasteiger partial charge on any atom is 0.265 e. The lowest BCUT2D eigenvalue weighted by molar-refractivity contribution is -0.00350. The molecule has 1 heterocycles. The molecule has 6 heteroatoms. The highest BCUT2D eigenvalue weighted by molar-refractivity contribution is 4.90. The molecule has 1 rings (SSSR count). The molecule has 0 saturated heterocycles. The predicted molar refractivity (Wildman–Crippen MR) is 46.9 cm³/mol. The summed E-state index contributed by atoms with van der Waals surface area (Å²) >= 11 is 0. The summed E-state index contributed by atoms with van der Waals surface area (Å²) in [5.74, 6) is 0.742. The fourth-order valence-electron chi connectivity index (χ4n) is 0.988. The van der Waals surface area contributed by atoms with Crippen LogP contribution in [0.1, 0.15) is 5.82 Å². The van der Waals surface area contributed by atoms with E-state index in [2.05, 4.69) is 10.3 Å². The van der Waals surface area contributed by atoms with E-state index < -0.39 is 12.5 Å². The van der Waals surface area contributed by atoms with Crippen molar-refractivity contribution in [3.63, 3.8) is 0 Å². The number of aliphatic hydroxyl groups is 1. The lowest BCUT2D eigenvalue weighted by Crippen LogP contribution is -2.32. The molecule has 1 atom stereocenters. The minimum absolute atomic E-state index is 0.134. The molecule has 0 spiro atoms. The van der Waals surface area contributed by atoms with Crippen LogP contribution in [0.2, 0.25) is 0 Å². The third-order valence-electron chi connectivity index (χ3n) is 1.85. The van der Waals surface area contributed by atoms with Gasteiger partial charge in [-0.15, -0.1) is 0 Å². The van der Waals surface area contributed by atoms with Gasteiger partial charge in [0.15, 0.2) is 0 Å². The van der Waals surface area contributed by atoms with Crippen molar-refractivity contribution in [2.45, 2.75) is 19.1 Å². The lowest BCUT2D eigenvalue weighted by atomic mass is 10.3. The summed E-state index contributed by atoms with van der Waals surface area (Å²) in [7, 11) is 1.81. The Morgan fingerprint density at radius 2 is 2.36 bits per heavy atom. The third kappa shape index (κ3) is 3.04. The molecule has 0 radical (unpaired) electrons. The van der Waals surface area contributed by atoms with E-state index in [9.17, 15) is 8.78 Å². The Balaban J connectivity index is 2.25. The van der Waals surface area contributed by atoms with Crippen LogP contribution in [0.15, 0.2) is 12.4 Å². The van der Waals surface area contributed by atoms with Crippen LogP contribution in [0.5, 0.6) is 0 Å². The van der Waals surface area contributed by atoms with Crippen molar-refractivity contribution in [1.82, 2.24) is 14.9 Å². The van der Waals surface area contributed by atoms with Crippen molar-refractivity contribution >= 4 is 0 Å². The fraction of sp³-hybridized carbons (Fsp3) is 0.625. The highest BCUT2D eigenvalue weighted by Crippen LogP contribution is 1.99. The standard InChI is InChI=1S/C8H13F2N3O/c1-13-3-2-12-7(13)5-11-4-6(14)8(9)10/h2-3,6,8,11,14H,4-5H2,1H3. The Morgan fingerprint density at radius 1 is 1.64 bits per heavy atom. The van der Waals surface area contributed by atoms with Crippen molar-refractivity contribution < 1.29 is 13.9 Å². The zero-order chi connectivity index (χ0) is 10.6. The topological polar surface area (TPSA) is 50.1 Å². The molecular formula is C8H13F2N3O. The number of aromatic nitrogens is 2. The summed E-state index contributed by atoms with van der Waals surface area (Å²) < 4.78 is 25.5. The Kier molecular flexibility index (Phi) is 3.97. The predicted octanol–water partition coefficient (Wildman–Crippen LogP) is 0.136. The van der Waals surface area contributed by atoms with E-state index in [1.807, 2.05) is 7.05 Å². The van der Waals surface area contributed by atoms with Gasteiger partial charge >= 0.3 is 0 Å². The van der Waals surface area contributed by atoms with E-state index in [0.717, 1.165) is 5.82 Å². The first-order valence-corrected chi connectivity index (χ1v) is 4.24. The molecule has 0 aliphatic carbocycles. The van der Waals surface area contributed by atoms with Crippen molar-refractivity contribution in [2.75, 3.05) is 6.54 Å². The van der Waals surface area contributed by atoms with E-state index >= 15 is 0 Å². The molecule has 0 aromatic carbocycles. The smallest absolute Gasteiger partial charge is 0.265 e. The van der Waals surface area contributed by atoms with Gasteiger partial charge < -0.3 is 15.0 Å². The minimum Gasteiger partial charge on any atom is -0.386 e. The zero-order valence-electron chi connectivity index (χ0n) is 7.82. The molecular weight excluding hydrogens is 192 g/mol. The van der Waals surface area contributed by atoms with Gasteiger partial charge in [-0.3, -0.25) is 0 Å². The van der Waals surface area contributed by atoms with E-state index in [0.29, 0.717) is 6.54 Å². The van der Waals surface area contributed by atoms with Crippen molar-refractivity contribution in [3.05, 3.63) is 18.2 Å². The Morgan fingerprint density at radius 3 is 2.86 bits per heavy atom. The first-order valence-electron chi connectivity index (χ1n) is 4.24. The number of nitrogens with one attached hydrogen (secondary N) is 1. The molecule has 0 aliphatic rings. The normalized spacial score (nSPS) is 13.5. The quantitative estimate of drug-likeness (QED) is 0.718. The number of imidazole rings is 1. The van der Waals surface area contributed by atoms with Crippen LogP contribution < -0.4 is 5.32 Å². The molecule has 2 N–H and O–H groups in total. The van der Waals surface area contributed by atoms with Crippen LogP contribution in [-0.2, 0) is 13.6 Å². The van der Waals surface area contributed by atoms with Gasteiger partial charge in [-0.25, -0.2) is 13.8 Å². The molecule has 4 nitrogen and oxygen atoms in total. The molecule has 1 unspecified atom stereocenters. The SMILES string of the molecule is Cn1ccnc1CNCC(O)C(F)F. The zero-order valence-corrected chi connectivity index (χ0v) is 7.82. The second-order valence-electron chi connectivity index (χ2n) is 2.99. The van der Waals surface area contributed by atoms with Gasteiger partial charge in [0.1, 0.15) is 11.9 Å². The summed E-state index contributed by atoms with van der Waals surface area (Å²) in [6, 6.07) is 0. The molecule has 1 aromatic heterocycles. The maximum absolute atomic E-state index is 11.9. The van der Waals surface area contributed by atoms with Crippen molar-refractivity contribution in [3.8, 4) is 0 Å². The van der Waals surface area contributed by atoms with Crippen LogP contribution in [-0.4, -0.2) is 33.7 Å². The van der Waals surface area contributed by atoms with E-state index in [1.165, 1.54) is 0 Å². The van der Waals surface area contributed by atoms with Gasteiger partial charge in [-0.1, -0.05) is 0 Å². The summed E-state index contributed by atoms with van der Waals surface area (Å²) in [5.41, 5.74) is 0. The van der Waals surface area contributed by atoms with Crippen LogP contribution in [0, 0.1) is 0 Å². The van der Waals surface area contributed by atoms with Gasteiger partial charge in [0.2, 0.25) is 0 Å². The second-order valence-corrected chi connectivity index (χ2v) is 2.99. The van der Waals surface area contributed by atoms with E-state index in [4.69, 9.17) is 5.11 Å². The van der Waals surface area contributed by atoms with Gasteiger partial charge in [0, 0.05) is 26.0 Å². The van der Waals surface area contributed by atoms with Crippen LogP contribution in [0.3, 0.4) is 0 Å². The molecule has 0 bridgehead atoms. The van der Waals surface area contributed by atoms with E-state index in [-0.39, 0.29) is 6.54 Å². The van der Waals surface area contributed by atoms with Crippen molar-refractivity contribution in [1.29, 1.82) is 0 Å². The van der Waals surface area contributed by atoms with Gasteiger partial charge in [-0.05, 0) is 0 Å². The summed E-state index contributed by atoms with van der Waals surface area (Å²) in [4.78, 5) is 3.99. The number of halogens is 2. The fourth-order valence-corrected chi connectivity index (χ4v) is 0.988. The monoisotopic (exact) mass is 205 g/mol.